The molecule has 2 heterocycles. The van der Waals surface area contributed by atoms with E-state index in [-0.39, 0.29) is 0 Å². The van der Waals surface area contributed by atoms with Crippen molar-refractivity contribution in [2.45, 2.75) is 45.1 Å². The van der Waals surface area contributed by atoms with Gasteiger partial charge in [-0.05, 0) is 37.5 Å². The monoisotopic (exact) mass is 298 g/mol. The Hall–Kier alpha value is -1.55. The van der Waals surface area contributed by atoms with E-state index in [1.165, 1.54) is 48.0 Å². The van der Waals surface area contributed by atoms with Crippen molar-refractivity contribution < 1.29 is 0 Å². The normalized spacial score (nSPS) is 20.1. The molecule has 4 rings (SSSR count). The van der Waals surface area contributed by atoms with E-state index in [9.17, 15) is 0 Å². The third-order valence-corrected chi connectivity index (χ3v) is 5.26. The van der Waals surface area contributed by atoms with Gasteiger partial charge in [-0.3, -0.25) is 4.68 Å². The Kier molecular flexibility index (Phi) is 3.78. The molecule has 0 amide bonds. The molecule has 4 nitrogen and oxygen atoms in total. The van der Waals surface area contributed by atoms with Gasteiger partial charge in [-0.15, -0.1) is 0 Å². The summed E-state index contributed by atoms with van der Waals surface area (Å²) in [7, 11) is 0. The van der Waals surface area contributed by atoms with Gasteiger partial charge in [0, 0.05) is 37.3 Å². The summed E-state index contributed by atoms with van der Waals surface area (Å²) < 4.78 is 2.34. The summed E-state index contributed by atoms with van der Waals surface area (Å²) in [5, 5.41) is 9.75. The van der Waals surface area contributed by atoms with Crippen molar-refractivity contribution in [1.29, 1.82) is 0 Å². The maximum atomic E-state index is 4.96. The number of benzene rings is 1. The number of aromatic nitrogens is 2. The van der Waals surface area contributed by atoms with E-state index in [1.807, 2.05) is 0 Å². The molecule has 1 N–H and O–H groups in total. The smallest absolute Gasteiger partial charge is 0.0709 e. The number of hydrogen-bond donors (Lipinski definition) is 1. The minimum Gasteiger partial charge on any atom is -0.369 e. The first kappa shape index (κ1) is 14.1. The van der Waals surface area contributed by atoms with Crippen LogP contribution in [0.15, 0.2) is 18.2 Å². The summed E-state index contributed by atoms with van der Waals surface area (Å²) in [5.41, 5.74) is 3.96. The van der Waals surface area contributed by atoms with E-state index < -0.39 is 0 Å². The molecule has 0 spiro atoms. The van der Waals surface area contributed by atoms with Crippen LogP contribution < -0.4 is 10.2 Å². The van der Waals surface area contributed by atoms with Crippen LogP contribution in [0.3, 0.4) is 0 Å². The SMILES string of the molecule is CCc1nn(C2CCCC2)c2cc(N3CCNCC3)ccc12. The molecule has 0 radical (unpaired) electrons. The largest absolute Gasteiger partial charge is 0.369 e. The first-order valence-electron chi connectivity index (χ1n) is 8.83. The fourth-order valence-electron chi connectivity index (χ4n) is 4.00. The van der Waals surface area contributed by atoms with Crippen LogP contribution in [0.2, 0.25) is 0 Å². The fourth-order valence-corrected chi connectivity index (χ4v) is 4.00. The molecule has 0 bridgehead atoms. The summed E-state index contributed by atoms with van der Waals surface area (Å²) in [5.74, 6) is 0. The summed E-state index contributed by atoms with van der Waals surface area (Å²) in [6.45, 7) is 6.58. The summed E-state index contributed by atoms with van der Waals surface area (Å²) in [4.78, 5) is 2.49. The van der Waals surface area contributed by atoms with Crippen LogP contribution in [0.1, 0.15) is 44.3 Å². The molecule has 0 unspecified atom stereocenters. The van der Waals surface area contributed by atoms with Crippen molar-refractivity contribution in [2.75, 3.05) is 31.1 Å². The summed E-state index contributed by atoms with van der Waals surface area (Å²) in [6, 6.07) is 7.57. The van der Waals surface area contributed by atoms with Crippen molar-refractivity contribution in [3.8, 4) is 0 Å². The maximum Gasteiger partial charge on any atom is 0.0709 e. The molecule has 0 atom stereocenters. The molecule has 1 aliphatic heterocycles. The van der Waals surface area contributed by atoms with Crippen molar-refractivity contribution in [1.82, 2.24) is 15.1 Å². The van der Waals surface area contributed by atoms with E-state index in [1.54, 1.807) is 0 Å². The van der Waals surface area contributed by atoms with Gasteiger partial charge in [0.05, 0.1) is 17.3 Å². The fraction of sp³-hybridized carbons (Fsp3) is 0.611. The zero-order valence-corrected chi connectivity index (χ0v) is 13.5. The van der Waals surface area contributed by atoms with Gasteiger partial charge < -0.3 is 10.2 Å². The average molecular weight is 298 g/mol. The molecule has 1 aliphatic carbocycles. The molecular formula is C18H26N4. The van der Waals surface area contributed by atoms with Gasteiger partial charge in [0.15, 0.2) is 0 Å². The van der Waals surface area contributed by atoms with Crippen molar-refractivity contribution in [3.63, 3.8) is 0 Å². The molecule has 1 aromatic heterocycles. The Morgan fingerprint density at radius 2 is 1.95 bits per heavy atom. The van der Waals surface area contributed by atoms with Crippen LogP contribution in [0.5, 0.6) is 0 Å². The van der Waals surface area contributed by atoms with Crippen LogP contribution in [0.25, 0.3) is 10.9 Å². The highest BCUT2D eigenvalue weighted by Gasteiger charge is 2.22. The number of rotatable bonds is 3. The van der Waals surface area contributed by atoms with Gasteiger partial charge >= 0.3 is 0 Å². The minimum absolute atomic E-state index is 0.612. The predicted octanol–water partition coefficient (Wildman–Crippen LogP) is 3.12. The molecule has 2 fully saturated rings. The highest BCUT2D eigenvalue weighted by Crippen LogP contribution is 2.34. The van der Waals surface area contributed by atoms with E-state index in [4.69, 9.17) is 5.10 Å². The lowest BCUT2D eigenvalue weighted by Crippen LogP contribution is -2.43. The van der Waals surface area contributed by atoms with Gasteiger partial charge in [-0.25, -0.2) is 0 Å². The Bertz CT molecular complexity index is 648. The molecule has 118 valence electrons. The van der Waals surface area contributed by atoms with Gasteiger partial charge in [0.1, 0.15) is 0 Å². The zero-order chi connectivity index (χ0) is 14.9. The number of nitrogens with zero attached hydrogens (tertiary/aromatic N) is 3. The number of fused-ring (bicyclic) bond motifs is 1. The van der Waals surface area contributed by atoms with Gasteiger partial charge in [0.25, 0.3) is 0 Å². The summed E-state index contributed by atoms with van der Waals surface area (Å²) in [6.07, 6.45) is 6.30. The molecule has 1 aromatic carbocycles. The Labute approximate surface area is 132 Å². The second-order valence-electron chi connectivity index (χ2n) is 6.62. The van der Waals surface area contributed by atoms with E-state index in [0.29, 0.717) is 6.04 Å². The Morgan fingerprint density at radius 1 is 1.18 bits per heavy atom. The van der Waals surface area contributed by atoms with Crippen LogP contribution in [-0.2, 0) is 6.42 Å². The number of aryl methyl sites for hydroxylation is 1. The van der Waals surface area contributed by atoms with Crippen LogP contribution >= 0.6 is 0 Å². The van der Waals surface area contributed by atoms with Crippen molar-refractivity contribution in [2.24, 2.45) is 0 Å². The number of nitrogens with one attached hydrogen (secondary N) is 1. The first-order chi connectivity index (χ1) is 10.9. The van der Waals surface area contributed by atoms with Crippen molar-refractivity contribution >= 4 is 16.6 Å². The predicted molar refractivity (Wildman–Crippen MR) is 91.7 cm³/mol. The number of anilines is 1. The van der Waals surface area contributed by atoms with Crippen LogP contribution in [0.4, 0.5) is 5.69 Å². The summed E-state index contributed by atoms with van der Waals surface area (Å²) >= 11 is 0. The minimum atomic E-state index is 0.612. The van der Waals surface area contributed by atoms with Gasteiger partial charge in [-0.1, -0.05) is 19.8 Å². The molecule has 22 heavy (non-hydrogen) atoms. The quantitative estimate of drug-likeness (QED) is 0.945. The van der Waals surface area contributed by atoms with Gasteiger partial charge in [0.2, 0.25) is 0 Å². The highest BCUT2D eigenvalue weighted by molar-refractivity contribution is 5.85. The van der Waals surface area contributed by atoms with Gasteiger partial charge in [-0.2, -0.15) is 5.10 Å². The molecule has 1 saturated heterocycles. The topological polar surface area (TPSA) is 33.1 Å². The second kappa shape index (κ2) is 5.92. The molecule has 1 saturated carbocycles. The highest BCUT2D eigenvalue weighted by atomic mass is 15.3. The lowest BCUT2D eigenvalue weighted by atomic mass is 10.1. The van der Waals surface area contributed by atoms with Crippen LogP contribution in [0, 0.1) is 0 Å². The standard InChI is InChI=1S/C18H26N4/c1-2-17-16-8-7-15(21-11-9-19-10-12-21)13-18(16)22(20-17)14-5-3-4-6-14/h7-8,13-14,19H,2-6,9-12H2,1H3. The van der Waals surface area contributed by atoms with E-state index in [0.717, 1.165) is 32.6 Å². The molecular weight excluding hydrogens is 272 g/mol. The lowest BCUT2D eigenvalue weighted by Gasteiger charge is -2.29. The second-order valence-corrected chi connectivity index (χ2v) is 6.62. The molecule has 2 aliphatic rings. The molecule has 2 aromatic rings. The average Bonchev–Trinajstić information content (AvgIpc) is 3.22. The maximum absolute atomic E-state index is 4.96. The third kappa shape index (κ3) is 2.39. The number of hydrogen-bond acceptors (Lipinski definition) is 3. The first-order valence-corrected chi connectivity index (χ1v) is 8.83. The Morgan fingerprint density at radius 3 is 2.68 bits per heavy atom. The number of piperazine rings is 1. The van der Waals surface area contributed by atoms with E-state index in [2.05, 4.69) is 40.0 Å². The third-order valence-electron chi connectivity index (χ3n) is 5.26. The van der Waals surface area contributed by atoms with Crippen molar-refractivity contribution in [3.05, 3.63) is 23.9 Å². The molecule has 4 heteroatoms. The Balaban J connectivity index is 1.77. The lowest BCUT2D eigenvalue weighted by molar-refractivity contribution is 0.477. The van der Waals surface area contributed by atoms with E-state index >= 15 is 0 Å². The van der Waals surface area contributed by atoms with Crippen LogP contribution in [-0.4, -0.2) is 36.0 Å². The zero-order valence-electron chi connectivity index (χ0n) is 13.5.